The van der Waals surface area contributed by atoms with E-state index in [1.54, 1.807) is 17.2 Å². The van der Waals surface area contributed by atoms with Gasteiger partial charge in [0.05, 0.1) is 12.2 Å². The second-order valence-corrected chi connectivity index (χ2v) is 5.43. The zero-order chi connectivity index (χ0) is 14.1. The van der Waals surface area contributed by atoms with Crippen molar-refractivity contribution in [3.63, 3.8) is 0 Å². The SMILES string of the molecule is CCC1C(=O)NC(C2CC2)C(=O)N1Cc1cccnn1. The molecule has 6 nitrogen and oxygen atoms in total. The molecule has 2 atom stereocenters. The summed E-state index contributed by atoms with van der Waals surface area (Å²) < 4.78 is 0. The number of piperazine rings is 1. The highest BCUT2D eigenvalue weighted by Gasteiger charge is 2.46. The van der Waals surface area contributed by atoms with Crippen LogP contribution in [0.5, 0.6) is 0 Å². The van der Waals surface area contributed by atoms with Gasteiger partial charge in [-0.1, -0.05) is 6.92 Å². The standard InChI is InChI=1S/C14H18N4O2/c1-2-11-13(19)16-12(9-5-6-9)14(20)18(11)8-10-4-3-7-15-17-10/h3-4,7,9,11-12H,2,5-6,8H2,1H3,(H,16,19). The molecule has 0 aromatic carbocycles. The molecule has 3 rings (SSSR count). The van der Waals surface area contributed by atoms with Crippen LogP contribution >= 0.6 is 0 Å². The summed E-state index contributed by atoms with van der Waals surface area (Å²) in [7, 11) is 0. The van der Waals surface area contributed by atoms with Gasteiger partial charge in [0.1, 0.15) is 12.1 Å². The quantitative estimate of drug-likeness (QED) is 0.867. The summed E-state index contributed by atoms with van der Waals surface area (Å²) in [4.78, 5) is 26.4. The van der Waals surface area contributed by atoms with E-state index in [2.05, 4.69) is 15.5 Å². The number of hydrogen-bond donors (Lipinski definition) is 1. The second-order valence-electron chi connectivity index (χ2n) is 5.43. The van der Waals surface area contributed by atoms with E-state index in [1.165, 1.54) is 0 Å². The van der Waals surface area contributed by atoms with Crippen molar-refractivity contribution in [3.05, 3.63) is 24.0 Å². The van der Waals surface area contributed by atoms with Crippen LogP contribution in [0.1, 0.15) is 31.9 Å². The first kappa shape index (κ1) is 13.0. The molecule has 1 aliphatic carbocycles. The lowest BCUT2D eigenvalue weighted by Crippen LogP contribution is -2.63. The van der Waals surface area contributed by atoms with Crippen LogP contribution in [0.2, 0.25) is 0 Å². The van der Waals surface area contributed by atoms with E-state index in [0.717, 1.165) is 12.8 Å². The predicted octanol–water partition coefficient (Wildman–Crippen LogP) is 0.492. The van der Waals surface area contributed by atoms with Gasteiger partial charge in [0.2, 0.25) is 11.8 Å². The van der Waals surface area contributed by atoms with E-state index < -0.39 is 6.04 Å². The van der Waals surface area contributed by atoms with E-state index in [-0.39, 0.29) is 17.9 Å². The maximum atomic E-state index is 12.6. The molecule has 2 unspecified atom stereocenters. The van der Waals surface area contributed by atoms with Gasteiger partial charge in [-0.3, -0.25) is 9.59 Å². The van der Waals surface area contributed by atoms with E-state index >= 15 is 0 Å². The van der Waals surface area contributed by atoms with Crippen LogP contribution in [0.15, 0.2) is 18.3 Å². The summed E-state index contributed by atoms with van der Waals surface area (Å²) in [5.41, 5.74) is 0.712. The minimum Gasteiger partial charge on any atom is -0.342 e. The maximum Gasteiger partial charge on any atom is 0.246 e. The molecule has 0 spiro atoms. The number of hydrogen-bond acceptors (Lipinski definition) is 4. The van der Waals surface area contributed by atoms with Gasteiger partial charge < -0.3 is 10.2 Å². The summed E-state index contributed by atoms with van der Waals surface area (Å²) in [6.45, 7) is 2.26. The highest BCUT2D eigenvalue weighted by atomic mass is 16.2. The lowest BCUT2D eigenvalue weighted by atomic mass is 10.0. The average molecular weight is 274 g/mol. The van der Waals surface area contributed by atoms with Crippen LogP contribution < -0.4 is 5.32 Å². The summed E-state index contributed by atoms with van der Waals surface area (Å²) in [6.07, 6.45) is 4.24. The topological polar surface area (TPSA) is 75.2 Å². The fourth-order valence-electron chi connectivity index (χ4n) is 2.72. The predicted molar refractivity (Wildman–Crippen MR) is 71.3 cm³/mol. The Hall–Kier alpha value is -1.98. The molecule has 0 radical (unpaired) electrons. The van der Waals surface area contributed by atoms with Crippen molar-refractivity contribution in [3.8, 4) is 0 Å². The molecule has 1 aromatic rings. The molecule has 6 heteroatoms. The van der Waals surface area contributed by atoms with Crippen molar-refractivity contribution in [2.45, 2.75) is 44.8 Å². The highest BCUT2D eigenvalue weighted by Crippen LogP contribution is 2.35. The minimum absolute atomic E-state index is 0.0182. The molecule has 1 saturated carbocycles. The summed E-state index contributed by atoms with van der Waals surface area (Å²) >= 11 is 0. The van der Waals surface area contributed by atoms with Gasteiger partial charge in [0, 0.05) is 6.20 Å². The fraction of sp³-hybridized carbons (Fsp3) is 0.571. The molecule has 2 fully saturated rings. The Labute approximate surface area is 117 Å². The lowest BCUT2D eigenvalue weighted by Gasteiger charge is -2.38. The molecule has 2 heterocycles. The molecule has 2 amide bonds. The Morgan fingerprint density at radius 3 is 2.80 bits per heavy atom. The van der Waals surface area contributed by atoms with Gasteiger partial charge in [-0.05, 0) is 37.3 Å². The summed E-state index contributed by atoms with van der Waals surface area (Å²) in [5, 5.41) is 10.7. The Bertz CT molecular complexity index is 515. The molecule has 2 aliphatic rings. The monoisotopic (exact) mass is 274 g/mol. The maximum absolute atomic E-state index is 12.6. The van der Waals surface area contributed by atoms with E-state index in [9.17, 15) is 9.59 Å². The van der Waals surface area contributed by atoms with Gasteiger partial charge in [-0.15, -0.1) is 0 Å². The number of aromatic nitrogens is 2. The molecule has 0 bridgehead atoms. The Kier molecular flexibility index (Phi) is 3.38. The molecule has 1 aliphatic heterocycles. The van der Waals surface area contributed by atoms with Crippen molar-refractivity contribution >= 4 is 11.8 Å². The first-order chi connectivity index (χ1) is 9.70. The minimum atomic E-state index is -0.403. The van der Waals surface area contributed by atoms with Gasteiger partial charge in [0.15, 0.2) is 0 Å². The van der Waals surface area contributed by atoms with E-state index in [1.807, 2.05) is 13.0 Å². The third kappa shape index (κ3) is 2.37. The van der Waals surface area contributed by atoms with Gasteiger partial charge in [-0.2, -0.15) is 10.2 Å². The van der Waals surface area contributed by atoms with Crippen LogP contribution in [0.4, 0.5) is 0 Å². The molecule has 1 aromatic heterocycles. The third-order valence-corrected chi connectivity index (χ3v) is 3.97. The van der Waals surface area contributed by atoms with Crippen LogP contribution in [-0.2, 0) is 16.1 Å². The van der Waals surface area contributed by atoms with Gasteiger partial charge >= 0.3 is 0 Å². The lowest BCUT2D eigenvalue weighted by molar-refractivity contribution is -0.150. The van der Waals surface area contributed by atoms with Gasteiger partial charge in [-0.25, -0.2) is 0 Å². The van der Waals surface area contributed by atoms with Crippen LogP contribution in [-0.4, -0.2) is 39.0 Å². The number of amides is 2. The first-order valence-electron chi connectivity index (χ1n) is 7.08. The normalized spacial score (nSPS) is 26.6. The van der Waals surface area contributed by atoms with E-state index in [0.29, 0.717) is 24.6 Å². The number of nitrogens with zero attached hydrogens (tertiary/aromatic N) is 3. The molecular weight excluding hydrogens is 256 g/mol. The summed E-state index contributed by atoms with van der Waals surface area (Å²) in [6, 6.07) is 2.86. The number of carbonyl (C=O) groups is 2. The van der Waals surface area contributed by atoms with Crippen molar-refractivity contribution in [2.75, 3.05) is 0 Å². The molecule has 106 valence electrons. The van der Waals surface area contributed by atoms with Crippen molar-refractivity contribution in [2.24, 2.45) is 5.92 Å². The van der Waals surface area contributed by atoms with Crippen molar-refractivity contribution in [1.82, 2.24) is 20.4 Å². The van der Waals surface area contributed by atoms with Crippen LogP contribution in [0.3, 0.4) is 0 Å². The smallest absolute Gasteiger partial charge is 0.246 e. The average Bonchev–Trinajstić information content (AvgIpc) is 3.28. The highest BCUT2D eigenvalue weighted by molar-refractivity contribution is 5.97. The first-order valence-corrected chi connectivity index (χ1v) is 7.08. The largest absolute Gasteiger partial charge is 0.342 e. The molecule has 1 N–H and O–H groups in total. The van der Waals surface area contributed by atoms with Crippen molar-refractivity contribution in [1.29, 1.82) is 0 Å². The Morgan fingerprint density at radius 2 is 2.20 bits per heavy atom. The zero-order valence-corrected chi connectivity index (χ0v) is 11.5. The molecule has 20 heavy (non-hydrogen) atoms. The third-order valence-electron chi connectivity index (χ3n) is 3.97. The van der Waals surface area contributed by atoms with Crippen LogP contribution in [0, 0.1) is 5.92 Å². The number of carbonyl (C=O) groups excluding carboxylic acids is 2. The fourth-order valence-corrected chi connectivity index (χ4v) is 2.72. The van der Waals surface area contributed by atoms with Gasteiger partial charge in [0.25, 0.3) is 0 Å². The molecule has 1 saturated heterocycles. The van der Waals surface area contributed by atoms with E-state index in [4.69, 9.17) is 0 Å². The number of nitrogens with one attached hydrogen (secondary N) is 1. The van der Waals surface area contributed by atoms with Crippen LogP contribution in [0.25, 0.3) is 0 Å². The summed E-state index contributed by atoms with van der Waals surface area (Å²) in [5.74, 6) is 0.283. The number of rotatable bonds is 4. The zero-order valence-electron chi connectivity index (χ0n) is 11.5. The molecular formula is C14H18N4O2. The van der Waals surface area contributed by atoms with Crippen molar-refractivity contribution < 1.29 is 9.59 Å². The second kappa shape index (κ2) is 5.19. The Morgan fingerprint density at radius 1 is 1.40 bits per heavy atom. The Balaban J connectivity index is 1.83.